The number of aliphatic hydroxyl groups is 1. The molecule has 30 heavy (non-hydrogen) atoms. The summed E-state index contributed by atoms with van der Waals surface area (Å²) in [5, 5.41) is 15.9. The lowest BCUT2D eigenvalue weighted by Crippen LogP contribution is -2.54. The van der Waals surface area contributed by atoms with Crippen molar-refractivity contribution in [2.45, 2.75) is 38.0 Å². The molecule has 4 rings (SSSR count). The highest BCUT2D eigenvalue weighted by Gasteiger charge is 2.48. The number of hydrogen-bond donors (Lipinski definition) is 2. The van der Waals surface area contributed by atoms with Gasteiger partial charge in [0.2, 0.25) is 0 Å². The van der Waals surface area contributed by atoms with E-state index in [-0.39, 0.29) is 23.9 Å². The zero-order valence-corrected chi connectivity index (χ0v) is 17.6. The zero-order chi connectivity index (χ0) is 21.0. The monoisotopic (exact) mass is 395 g/mol. The molecule has 1 aliphatic rings. The number of benzene rings is 3. The van der Waals surface area contributed by atoms with Crippen molar-refractivity contribution >= 4 is 0 Å². The smallest absolute Gasteiger partial charge is 0.132 e. The molecular formula is C28H29NO. The average molecular weight is 396 g/mol. The number of nitrogens with one attached hydrogen (secondary N) is 1. The molecule has 0 radical (unpaired) electrons. The summed E-state index contributed by atoms with van der Waals surface area (Å²) in [6.45, 7) is 4.36. The molecule has 1 aliphatic heterocycles. The van der Waals surface area contributed by atoms with Crippen LogP contribution in [0.4, 0.5) is 0 Å². The van der Waals surface area contributed by atoms with E-state index in [2.05, 4.69) is 79.5 Å². The van der Waals surface area contributed by atoms with Gasteiger partial charge in [-0.1, -0.05) is 105 Å². The lowest BCUT2D eigenvalue weighted by atomic mass is 9.67. The molecule has 2 nitrogen and oxygen atoms in total. The van der Waals surface area contributed by atoms with E-state index in [0.717, 1.165) is 5.56 Å². The molecule has 0 bridgehead atoms. The lowest BCUT2D eigenvalue weighted by Gasteiger charge is -2.48. The predicted octanol–water partition coefficient (Wildman–Crippen LogP) is 5.52. The Labute approximate surface area is 180 Å². The first-order chi connectivity index (χ1) is 14.6. The van der Waals surface area contributed by atoms with E-state index >= 15 is 0 Å². The summed E-state index contributed by atoms with van der Waals surface area (Å²) < 4.78 is 0. The Morgan fingerprint density at radius 1 is 0.833 bits per heavy atom. The fourth-order valence-electron chi connectivity index (χ4n) is 4.74. The van der Waals surface area contributed by atoms with Crippen LogP contribution in [0.2, 0.25) is 0 Å². The van der Waals surface area contributed by atoms with Gasteiger partial charge in [0.25, 0.3) is 0 Å². The maximum absolute atomic E-state index is 12.0. The molecule has 0 aromatic heterocycles. The minimum Gasteiger partial charge on any atom is -0.377 e. The first-order valence-corrected chi connectivity index (χ1v) is 10.7. The molecule has 1 heterocycles. The quantitative estimate of drug-likeness (QED) is 0.573. The van der Waals surface area contributed by atoms with Crippen LogP contribution in [-0.4, -0.2) is 10.7 Å². The van der Waals surface area contributed by atoms with Crippen molar-refractivity contribution in [3.63, 3.8) is 0 Å². The van der Waals surface area contributed by atoms with Crippen LogP contribution in [-0.2, 0) is 0 Å². The van der Waals surface area contributed by atoms with E-state index in [0.29, 0.717) is 6.42 Å². The van der Waals surface area contributed by atoms with Crippen molar-refractivity contribution in [2.24, 2.45) is 11.8 Å². The van der Waals surface area contributed by atoms with Crippen molar-refractivity contribution in [2.75, 3.05) is 0 Å². The van der Waals surface area contributed by atoms with E-state index in [1.54, 1.807) is 0 Å². The molecule has 3 aromatic carbocycles. The summed E-state index contributed by atoms with van der Waals surface area (Å²) in [7, 11) is 0. The Morgan fingerprint density at radius 3 is 1.93 bits per heavy atom. The van der Waals surface area contributed by atoms with Gasteiger partial charge in [-0.15, -0.1) is 0 Å². The fourth-order valence-corrected chi connectivity index (χ4v) is 4.74. The van der Waals surface area contributed by atoms with E-state index in [4.69, 9.17) is 0 Å². The van der Waals surface area contributed by atoms with Crippen molar-refractivity contribution < 1.29 is 5.11 Å². The number of rotatable bonds is 3. The Morgan fingerprint density at radius 2 is 1.37 bits per heavy atom. The van der Waals surface area contributed by atoms with Gasteiger partial charge in [0.15, 0.2) is 0 Å². The molecule has 0 amide bonds. The topological polar surface area (TPSA) is 32.3 Å². The molecule has 2 N–H and O–H groups in total. The van der Waals surface area contributed by atoms with Crippen LogP contribution in [0, 0.1) is 23.7 Å². The Hall–Kier alpha value is -2.86. The van der Waals surface area contributed by atoms with Crippen LogP contribution in [0.15, 0.2) is 91.0 Å². The van der Waals surface area contributed by atoms with E-state index in [1.165, 1.54) is 11.1 Å². The third kappa shape index (κ3) is 4.33. The normalized spacial score (nSPS) is 26.1. The summed E-state index contributed by atoms with van der Waals surface area (Å²) in [5.41, 5.74) is 2.20. The van der Waals surface area contributed by atoms with Crippen molar-refractivity contribution in [1.82, 2.24) is 5.32 Å². The Bertz CT molecular complexity index is 1000. The van der Waals surface area contributed by atoms with Crippen molar-refractivity contribution in [3.05, 3.63) is 108 Å². The van der Waals surface area contributed by atoms with Gasteiger partial charge in [-0.05, 0) is 29.2 Å². The molecular weight excluding hydrogens is 366 g/mol. The van der Waals surface area contributed by atoms with Gasteiger partial charge in [-0.2, -0.15) is 0 Å². The molecule has 4 atom stereocenters. The summed E-state index contributed by atoms with van der Waals surface area (Å²) in [5.74, 6) is 6.79. The number of piperidine rings is 1. The average Bonchev–Trinajstić information content (AvgIpc) is 2.79. The minimum absolute atomic E-state index is 0.0141. The van der Waals surface area contributed by atoms with Gasteiger partial charge in [0, 0.05) is 30.0 Å². The highest BCUT2D eigenvalue weighted by molar-refractivity contribution is 5.38. The van der Waals surface area contributed by atoms with Crippen LogP contribution in [0.25, 0.3) is 0 Å². The van der Waals surface area contributed by atoms with E-state index in [9.17, 15) is 5.11 Å². The first-order valence-electron chi connectivity index (χ1n) is 10.7. The van der Waals surface area contributed by atoms with Crippen molar-refractivity contribution in [3.8, 4) is 11.8 Å². The molecule has 1 saturated heterocycles. The summed E-state index contributed by atoms with van der Waals surface area (Å²) in [4.78, 5) is 0. The molecule has 2 heteroatoms. The first kappa shape index (κ1) is 20.4. The summed E-state index contributed by atoms with van der Waals surface area (Å²) in [6.07, 6.45) is 0.559. The highest BCUT2D eigenvalue weighted by atomic mass is 16.3. The maximum atomic E-state index is 12.0. The largest absolute Gasteiger partial charge is 0.377 e. The van der Waals surface area contributed by atoms with Gasteiger partial charge in [-0.3, -0.25) is 0 Å². The van der Waals surface area contributed by atoms with Crippen LogP contribution >= 0.6 is 0 Å². The van der Waals surface area contributed by atoms with Gasteiger partial charge < -0.3 is 10.4 Å². The lowest BCUT2D eigenvalue weighted by molar-refractivity contribution is -0.0478. The Balaban J connectivity index is 1.79. The van der Waals surface area contributed by atoms with E-state index in [1.807, 2.05) is 42.5 Å². The predicted molar refractivity (Wildman–Crippen MR) is 123 cm³/mol. The standard InChI is InChI=1S/C28H29NO/c1-21(2)26-27(24-16-10-5-11-17-24)29-25(23-14-8-4-9-15-23)20-28(26,30)19-18-22-12-6-3-7-13-22/h3-17,21,25-27,29-30H,20H2,1-2H3/t25-,26-,27-,28+/m0/s1. The molecule has 0 aliphatic carbocycles. The molecule has 3 aromatic rings. The van der Waals surface area contributed by atoms with Gasteiger partial charge in [0.1, 0.15) is 5.60 Å². The summed E-state index contributed by atoms with van der Waals surface area (Å²) >= 11 is 0. The maximum Gasteiger partial charge on any atom is 0.132 e. The highest BCUT2D eigenvalue weighted by Crippen LogP contribution is 2.46. The molecule has 1 fully saturated rings. The second-order valence-electron chi connectivity index (χ2n) is 8.53. The van der Waals surface area contributed by atoms with Crippen LogP contribution < -0.4 is 5.32 Å². The van der Waals surface area contributed by atoms with Crippen LogP contribution in [0.1, 0.15) is 49.0 Å². The third-order valence-electron chi connectivity index (χ3n) is 6.08. The van der Waals surface area contributed by atoms with E-state index < -0.39 is 5.60 Å². The fraction of sp³-hybridized carbons (Fsp3) is 0.286. The molecule has 0 saturated carbocycles. The second kappa shape index (κ2) is 8.88. The van der Waals surface area contributed by atoms with Gasteiger partial charge >= 0.3 is 0 Å². The van der Waals surface area contributed by atoms with Crippen LogP contribution in [0.3, 0.4) is 0 Å². The molecule has 152 valence electrons. The Kier molecular flexibility index (Phi) is 6.04. The minimum atomic E-state index is -1.10. The third-order valence-corrected chi connectivity index (χ3v) is 6.08. The molecule has 0 spiro atoms. The van der Waals surface area contributed by atoms with Crippen molar-refractivity contribution in [1.29, 1.82) is 0 Å². The second-order valence-corrected chi connectivity index (χ2v) is 8.53. The van der Waals surface area contributed by atoms with Crippen LogP contribution in [0.5, 0.6) is 0 Å². The zero-order valence-electron chi connectivity index (χ0n) is 17.6. The SMILES string of the molecule is CC(C)[C@H]1[C@H](c2ccccc2)N[C@H](c2ccccc2)C[C@]1(O)C#Cc1ccccc1. The number of hydrogen-bond acceptors (Lipinski definition) is 2. The van der Waals surface area contributed by atoms with Gasteiger partial charge in [-0.25, -0.2) is 0 Å². The summed E-state index contributed by atoms with van der Waals surface area (Å²) in [6, 6.07) is 30.8. The van der Waals surface area contributed by atoms with Gasteiger partial charge in [0.05, 0.1) is 0 Å². The molecule has 0 unspecified atom stereocenters.